The van der Waals surface area contributed by atoms with Crippen molar-refractivity contribution in [3.8, 4) is 0 Å². The first-order chi connectivity index (χ1) is 10.9. The van der Waals surface area contributed by atoms with Crippen LogP contribution < -0.4 is 9.62 Å². The second-order valence-electron chi connectivity index (χ2n) is 5.59. The number of rotatable bonds is 3. The van der Waals surface area contributed by atoms with Crippen molar-refractivity contribution >= 4 is 21.6 Å². The summed E-state index contributed by atoms with van der Waals surface area (Å²) in [7, 11) is -2.11. The van der Waals surface area contributed by atoms with Crippen LogP contribution in [0.4, 0.5) is 5.69 Å². The van der Waals surface area contributed by atoms with Crippen molar-refractivity contribution in [3.05, 3.63) is 59.7 Å². The van der Waals surface area contributed by atoms with Crippen LogP contribution in [0.5, 0.6) is 0 Å². The molecule has 0 aliphatic carbocycles. The molecular formula is C17H18N2O3S. The number of para-hydroxylation sites is 1. The molecule has 5 nitrogen and oxygen atoms in total. The Kier molecular flexibility index (Phi) is 3.85. The Balaban J connectivity index is 2.01. The molecule has 1 amide bonds. The van der Waals surface area contributed by atoms with Gasteiger partial charge in [0.2, 0.25) is 0 Å². The molecule has 1 atom stereocenters. The number of anilines is 1. The molecule has 0 bridgehead atoms. The van der Waals surface area contributed by atoms with E-state index >= 15 is 0 Å². The third kappa shape index (κ3) is 2.59. The zero-order chi connectivity index (χ0) is 16.6. The standard InChI is InChI=1S/C17H18N2O3S/c1-12-11-14-5-3-4-6-16(14)19(12)23(21,22)15-9-7-13(8-10-15)17(20)18-2/h3-10,12H,11H2,1-2H3,(H,18,20)/t12-/m1/s1. The highest BCUT2D eigenvalue weighted by atomic mass is 32.2. The monoisotopic (exact) mass is 330 g/mol. The highest BCUT2D eigenvalue weighted by Gasteiger charge is 2.35. The summed E-state index contributed by atoms with van der Waals surface area (Å²) in [6, 6.07) is 13.4. The molecule has 23 heavy (non-hydrogen) atoms. The maximum atomic E-state index is 13.0. The first-order valence-electron chi connectivity index (χ1n) is 7.39. The lowest BCUT2D eigenvalue weighted by Gasteiger charge is -2.24. The molecule has 2 aromatic rings. The average molecular weight is 330 g/mol. The van der Waals surface area contributed by atoms with Gasteiger partial charge < -0.3 is 5.32 Å². The smallest absolute Gasteiger partial charge is 0.264 e. The first-order valence-corrected chi connectivity index (χ1v) is 8.83. The van der Waals surface area contributed by atoms with E-state index in [1.165, 1.54) is 35.6 Å². The normalized spacial score (nSPS) is 17.0. The summed E-state index contributed by atoms with van der Waals surface area (Å²) < 4.78 is 27.4. The molecule has 2 aromatic carbocycles. The molecule has 0 radical (unpaired) electrons. The van der Waals surface area contributed by atoms with Gasteiger partial charge in [0, 0.05) is 18.7 Å². The van der Waals surface area contributed by atoms with E-state index < -0.39 is 10.0 Å². The molecule has 0 saturated carbocycles. The number of nitrogens with one attached hydrogen (secondary N) is 1. The fraction of sp³-hybridized carbons (Fsp3) is 0.235. The molecule has 0 unspecified atom stereocenters. The van der Waals surface area contributed by atoms with Gasteiger partial charge in [-0.25, -0.2) is 8.42 Å². The Hall–Kier alpha value is -2.34. The fourth-order valence-electron chi connectivity index (χ4n) is 2.94. The summed E-state index contributed by atoms with van der Waals surface area (Å²) in [5.41, 5.74) is 2.20. The van der Waals surface area contributed by atoms with Gasteiger partial charge in [0.25, 0.3) is 15.9 Å². The number of carbonyl (C=O) groups is 1. The molecule has 1 aliphatic heterocycles. The summed E-state index contributed by atoms with van der Waals surface area (Å²) >= 11 is 0. The Morgan fingerprint density at radius 3 is 2.43 bits per heavy atom. The first kappa shape index (κ1) is 15.6. The van der Waals surface area contributed by atoms with E-state index in [2.05, 4.69) is 5.32 Å². The Morgan fingerprint density at radius 2 is 1.78 bits per heavy atom. The van der Waals surface area contributed by atoms with Crippen molar-refractivity contribution in [1.29, 1.82) is 0 Å². The quantitative estimate of drug-likeness (QED) is 0.938. The predicted octanol–water partition coefficient (Wildman–Crippen LogP) is 2.19. The lowest BCUT2D eigenvalue weighted by atomic mass is 10.1. The van der Waals surface area contributed by atoms with Crippen molar-refractivity contribution in [2.24, 2.45) is 0 Å². The van der Waals surface area contributed by atoms with Crippen molar-refractivity contribution < 1.29 is 13.2 Å². The van der Waals surface area contributed by atoms with E-state index in [9.17, 15) is 13.2 Å². The second kappa shape index (κ2) is 5.70. The number of nitrogens with zero attached hydrogens (tertiary/aromatic N) is 1. The number of carbonyl (C=O) groups excluding carboxylic acids is 1. The van der Waals surface area contributed by atoms with Crippen molar-refractivity contribution in [2.45, 2.75) is 24.3 Å². The summed E-state index contributed by atoms with van der Waals surface area (Å²) in [5.74, 6) is -0.242. The van der Waals surface area contributed by atoms with E-state index in [0.29, 0.717) is 12.0 Å². The van der Waals surface area contributed by atoms with E-state index in [1.807, 2.05) is 31.2 Å². The maximum absolute atomic E-state index is 13.0. The fourth-order valence-corrected chi connectivity index (χ4v) is 4.63. The molecular weight excluding hydrogens is 312 g/mol. The van der Waals surface area contributed by atoms with Crippen molar-refractivity contribution in [2.75, 3.05) is 11.4 Å². The van der Waals surface area contributed by atoms with E-state index in [-0.39, 0.29) is 16.8 Å². The SMILES string of the molecule is CNC(=O)c1ccc(S(=O)(=O)N2c3ccccc3C[C@H]2C)cc1. The number of fused-ring (bicyclic) bond motifs is 1. The number of amides is 1. The van der Waals surface area contributed by atoms with Gasteiger partial charge >= 0.3 is 0 Å². The number of sulfonamides is 1. The van der Waals surface area contributed by atoms with Gasteiger partial charge in [0.15, 0.2) is 0 Å². The Labute approximate surface area is 136 Å². The maximum Gasteiger partial charge on any atom is 0.264 e. The topological polar surface area (TPSA) is 66.5 Å². The van der Waals surface area contributed by atoms with Gasteiger partial charge in [-0.1, -0.05) is 18.2 Å². The van der Waals surface area contributed by atoms with E-state index in [4.69, 9.17) is 0 Å². The highest BCUT2D eigenvalue weighted by molar-refractivity contribution is 7.92. The third-order valence-corrected chi connectivity index (χ3v) is 5.99. The van der Waals surface area contributed by atoms with Crippen LogP contribution in [0.1, 0.15) is 22.8 Å². The minimum atomic E-state index is -3.65. The molecule has 120 valence electrons. The molecule has 0 aromatic heterocycles. The van der Waals surface area contributed by atoms with Crippen LogP contribution in [0.15, 0.2) is 53.4 Å². The molecule has 3 rings (SSSR count). The predicted molar refractivity (Wildman–Crippen MR) is 89.1 cm³/mol. The number of benzene rings is 2. The molecule has 1 heterocycles. The Morgan fingerprint density at radius 1 is 1.13 bits per heavy atom. The minimum absolute atomic E-state index is 0.129. The van der Waals surface area contributed by atoms with Gasteiger partial charge in [0.1, 0.15) is 0 Å². The van der Waals surface area contributed by atoms with Gasteiger partial charge in [-0.2, -0.15) is 0 Å². The van der Waals surface area contributed by atoms with Crippen molar-refractivity contribution in [1.82, 2.24) is 5.32 Å². The van der Waals surface area contributed by atoms with Crippen LogP contribution in [0, 0.1) is 0 Å². The van der Waals surface area contributed by atoms with E-state index in [1.54, 1.807) is 0 Å². The average Bonchev–Trinajstić information content (AvgIpc) is 2.90. The van der Waals surface area contributed by atoms with Crippen LogP contribution in [0.2, 0.25) is 0 Å². The lowest BCUT2D eigenvalue weighted by Crippen LogP contribution is -2.35. The van der Waals surface area contributed by atoms with E-state index in [0.717, 1.165) is 11.3 Å². The zero-order valence-electron chi connectivity index (χ0n) is 13.0. The van der Waals surface area contributed by atoms with Crippen LogP contribution in [0.3, 0.4) is 0 Å². The molecule has 6 heteroatoms. The zero-order valence-corrected chi connectivity index (χ0v) is 13.8. The molecule has 1 aliphatic rings. The van der Waals surface area contributed by atoms with Crippen molar-refractivity contribution in [3.63, 3.8) is 0 Å². The van der Waals surface area contributed by atoms with Gasteiger partial charge in [0.05, 0.1) is 10.6 Å². The van der Waals surface area contributed by atoms with Gasteiger partial charge in [-0.15, -0.1) is 0 Å². The Bertz CT molecular complexity index is 844. The summed E-state index contributed by atoms with van der Waals surface area (Å²) in [6.07, 6.45) is 0.700. The largest absolute Gasteiger partial charge is 0.355 e. The summed E-state index contributed by atoms with van der Waals surface area (Å²) in [6.45, 7) is 1.90. The lowest BCUT2D eigenvalue weighted by molar-refractivity contribution is 0.0963. The summed E-state index contributed by atoms with van der Waals surface area (Å²) in [4.78, 5) is 11.8. The highest BCUT2D eigenvalue weighted by Crippen LogP contribution is 2.36. The number of hydrogen-bond acceptors (Lipinski definition) is 3. The van der Waals surface area contributed by atoms with Crippen LogP contribution in [-0.4, -0.2) is 27.4 Å². The number of hydrogen-bond donors (Lipinski definition) is 1. The minimum Gasteiger partial charge on any atom is -0.355 e. The third-order valence-electron chi connectivity index (χ3n) is 4.05. The van der Waals surface area contributed by atoms with Crippen LogP contribution in [0.25, 0.3) is 0 Å². The van der Waals surface area contributed by atoms with Gasteiger partial charge in [-0.05, 0) is 49.2 Å². The molecule has 1 N–H and O–H groups in total. The second-order valence-corrected chi connectivity index (χ2v) is 7.40. The van der Waals surface area contributed by atoms with Gasteiger partial charge in [-0.3, -0.25) is 9.10 Å². The van der Waals surface area contributed by atoms with Crippen LogP contribution >= 0.6 is 0 Å². The molecule has 0 fully saturated rings. The van der Waals surface area contributed by atoms with Crippen LogP contribution in [-0.2, 0) is 16.4 Å². The summed E-state index contributed by atoms with van der Waals surface area (Å²) in [5, 5.41) is 2.52. The molecule has 0 spiro atoms. The molecule has 0 saturated heterocycles.